The van der Waals surface area contributed by atoms with E-state index in [1.54, 1.807) is 18.2 Å². The van der Waals surface area contributed by atoms with Gasteiger partial charge in [0.25, 0.3) is 0 Å². The van der Waals surface area contributed by atoms with Gasteiger partial charge < -0.3 is 9.47 Å². The molecule has 0 fully saturated rings. The minimum absolute atomic E-state index is 0.0685. The molecule has 1 aliphatic heterocycles. The lowest BCUT2D eigenvalue weighted by molar-refractivity contribution is 0.104. The number of carbonyl (C=O) groups is 1. The summed E-state index contributed by atoms with van der Waals surface area (Å²) in [5.41, 5.74) is 1.50. The Hall–Kier alpha value is -2.55. The maximum Gasteiger partial charge on any atom is 0.189 e. The minimum Gasteiger partial charge on any atom is -0.493 e. The number of benzene rings is 2. The van der Waals surface area contributed by atoms with Crippen molar-refractivity contribution < 1.29 is 14.3 Å². The summed E-state index contributed by atoms with van der Waals surface area (Å²) in [5.74, 6) is 1.34. The summed E-state index contributed by atoms with van der Waals surface area (Å²) in [4.78, 5) is 12.3. The summed E-state index contributed by atoms with van der Waals surface area (Å²) in [5, 5.41) is 0. The van der Waals surface area contributed by atoms with Crippen LogP contribution in [0, 0.1) is 0 Å². The van der Waals surface area contributed by atoms with E-state index in [1.807, 2.05) is 42.5 Å². The first-order chi connectivity index (χ1) is 10.3. The van der Waals surface area contributed by atoms with Gasteiger partial charge in [-0.25, -0.2) is 0 Å². The maximum atomic E-state index is 12.3. The van der Waals surface area contributed by atoms with E-state index in [0.29, 0.717) is 24.5 Å². The highest BCUT2D eigenvalue weighted by Crippen LogP contribution is 2.23. The molecule has 0 bridgehead atoms. The summed E-state index contributed by atoms with van der Waals surface area (Å²) in [6.07, 6.45) is 4.11. The van der Waals surface area contributed by atoms with Crippen LogP contribution < -0.4 is 9.47 Å². The van der Waals surface area contributed by atoms with E-state index in [0.717, 1.165) is 17.7 Å². The quantitative estimate of drug-likeness (QED) is 0.737. The highest BCUT2D eigenvalue weighted by Gasteiger charge is 2.10. The predicted octanol–water partition coefficient (Wildman–Crippen LogP) is 3.74. The van der Waals surface area contributed by atoms with Crippen LogP contribution in [0.25, 0.3) is 6.08 Å². The first-order valence-corrected chi connectivity index (χ1v) is 7.01. The standard InChI is InChI=1S/C18H16O3/c19-16-11-10-14-6-1-3-8-17(14)20-12-5-13-21-18-9-4-2-7-15(16)18/h1-4,6-11H,5,12-13H2/b11-10-. The van der Waals surface area contributed by atoms with Crippen LogP contribution in [0.5, 0.6) is 11.5 Å². The van der Waals surface area contributed by atoms with Crippen molar-refractivity contribution in [3.63, 3.8) is 0 Å². The molecule has 2 aromatic carbocycles. The number of hydrogen-bond donors (Lipinski definition) is 0. The van der Waals surface area contributed by atoms with Crippen molar-refractivity contribution >= 4 is 11.9 Å². The monoisotopic (exact) mass is 280 g/mol. The van der Waals surface area contributed by atoms with E-state index in [-0.39, 0.29) is 5.78 Å². The van der Waals surface area contributed by atoms with Crippen molar-refractivity contribution in [3.8, 4) is 11.5 Å². The van der Waals surface area contributed by atoms with Crippen molar-refractivity contribution in [1.29, 1.82) is 0 Å². The lowest BCUT2D eigenvalue weighted by Gasteiger charge is -2.13. The summed E-state index contributed by atoms with van der Waals surface area (Å²) in [6.45, 7) is 1.11. The van der Waals surface area contributed by atoms with Gasteiger partial charge in [-0.05, 0) is 30.4 Å². The van der Waals surface area contributed by atoms with Crippen LogP contribution >= 0.6 is 0 Å². The SMILES string of the molecule is O=C1/C=C\c2ccccc2OCCCOc2ccccc21. The summed E-state index contributed by atoms with van der Waals surface area (Å²) < 4.78 is 11.4. The van der Waals surface area contributed by atoms with E-state index in [1.165, 1.54) is 0 Å². The number of ether oxygens (including phenoxy) is 2. The molecule has 0 atom stereocenters. The molecule has 0 N–H and O–H groups in total. The number of rotatable bonds is 0. The summed E-state index contributed by atoms with van der Waals surface area (Å²) >= 11 is 0. The Morgan fingerprint density at radius 3 is 2.29 bits per heavy atom. The number of carbonyl (C=O) groups excluding carboxylic acids is 1. The zero-order chi connectivity index (χ0) is 14.5. The van der Waals surface area contributed by atoms with Crippen molar-refractivity contribution in [2.75, 3.05) is 13.2 Å². The molecule has 0 unspecified atom stereocenters. The number of allylic oxidation sites excluding steroid dienone is 1. The molecule has 0 saturated carbocycles. The normalized spacial score (nSPS) is 16.3. The van der Waals surface area contributed by atoms with Gasteiger partial charge >= 0.3 is 0 Å². The zero-order valence-electron chi connectivity index (χ0n) is 11.6. The number of ketones is 1. The lowest BCUT2D eigenvalue weighted by Crippen LogP contribution is -2.08. The average Bonchev–Trinajstić information content (AvgIpc) is 2.52. The van der Waals surface area contributed by atoms with Crippen molar-refractivity contribution in [3.05, 3.63) is 65.7 Å². The van der Waals surface area contributed by atoms with Crippen LogP contribution in [0.4, 0.5) is 0 Å². The molecular formula is C18H16O3. The summed E-state index contributed by atoms with van der Waals surface area (Å²) in [7, 11) is 0. The molecule has 0 aliphatic carbocycles. The van der Waals surface area contributed by atoms with Crippen LogP contribution in [0.1, 0.15) is 22.3 Å². The summed E-state index contributed by atoms with van der Waals surface area (Å²) in [6, 6.07) is 15.0. The topological polar surface area (TPSA) is 35.5 Å². The van der Waals surface area contributed by atoms with E-state index < -0.39 is 0 Å². The molecule has 3 nitrogen and oxygen atoms in total. The van der Waals surface area contributed by atoms with Crippen molar-refractivity contribution in [2.45, 2.75) is 6.42 Å². The molecule has 0 amide bonds. The highest BCUT2D eigenvalue weighted by molar-refractivity contribution is 6.08. The second-order valence-corrected chi connectivity index (χ2v) is 4.78. The second-order valence-electron chi connectivity index (χ2n) is 4.78. The smallest absolute Gasteiger partial charge is 0.189 e. The van der Waals surface area contributed by atoms with Crippen LogP contribution in [0.3, 0.4) is 0 Å². The van der Waals surface area contributed by atoms with E-state index >= 15 is 0 Å². The predicted molar refractivity (Wildman–Crippen MR) is 81.9 cm³/mol. The van der Waals surface area contributed by atoms with Crippen LogP contribution in [-0.4, -0.2) is 19.0 Å². The van der Waals surface area contributed by atoms with Crippen molar-refractivity contribution in [1.82, 2.24) is 0 Å². The number of fused-ring (bicyclic) bond motifs is 2. The fourth-order valence-electron chi connectivity index (χ4n) is 2.22. The average molecular weight is 280 g/mol. The molecule has 3 heteroatoms. The first kappa shape index (κ1) is 13.4. The van der Waals surface area contributed by atoms with Gasteiger partial charge in [0.2, 0.25) is 0 Å². The van der Waals surface area contributed by atoms with Gasteiger partial charge in [-0.15, -0.1) is 0 Å². The molecule has 0 saturated heterocycles. The minimum atomic E-state index is -0.0685. The van der Waals surface area contributed by atoms with E-state index in [4.69, 9.17) is 9.47 Å². The zero-order valence-corrected chi connectivity index (χ0v) is 11.6. The number of para-hydroxylation sites is 2. The third-order valence-electron chi connectivity index (χ3n) is 3.29. The largest absolute Gasteiger partial charge is 0.493 e. The molecule has 2 aromatic rings. The Morgan fingerprint density at radius 1 is 0.762 bits per heavy atom. The molecular weight excluding hydrogens is 264 g/mol. The number of hydrogen-bond acceptors (Lipinski definition) is 3. The molecule has 1 heterocycles. The van der Waals surface area contributed by atoms with Crippen LogP contribution in [0.2, 0.25) is 0 Å². The molecule has 3 rings (SSSR count). The van der Waals surface area contributed by atoms with Gasteiger partial charge in [-0.3, -0.25) is 4.79 Å². The Bertz CT molecular complexity index is 674. The Morgan fingerprint density at radius 2 is 1.43 bits per heavy atom. The Kier molecular flexibility index (Phi) is 4.01. The molecule has 21 heavy (non-hydrogen) atoms. The van der Waals surface area contributed by atoms with E-state index in [2.05, 4.69) is 0 Å². The van der Waals surface area contributed by atoms with Gasteiger partial charge in [0.05, 0.1) is 18.8 Å². The van der Waals surface area contributed by atoms with Gasteiger partial charge in [0.1, 0.15) is 11.5 Å². The van der Waals surface area contributed by atoms with Gasteiger partial charge in [0, 0.05) is 12.0 Å². The van der Waals surface area contributed by atoms with Gasteiger partial charge in [-0.2, -0.15) is 0 Å². The molecule has 0 aromatic heterocycles. The lowest BCUT2D eigenvalue weighted by atomic mass is 10.1. The van der Waals surface area contributed by atoms with Crippen LogP contribution in [-0.2, 0) is 0 Å². The fourth-order valence-corrected chi connectivity index (χ4v) is 2.22. The third-order valence-corrected chi connectivity index (χ3v) is 3.29. The van der Waals surface area contributed by atoms with Crippen LogP contribution in [0.15, 0.2) is 54.6 Å². The fraction of sp³-hybridized carbons (Fsp3) is 0.167. The Labute approximate surface area is 123 Å². The highest BCUT2D eigenvalue weighted by atomic mass is 16.5. The first-order valence-electron chi connectivity index (χ1n) is 7.01. The van der Waals surface area contributed by atoms with Gasteiger partial charge in [-0.1, -0.05) is 30.3 Å². The molecule has 0 spiro atoms. The molecule has 1 aliphatic rings. The molecule has 0 radical (unpaired) electrons. The maximum absolute atomic E-state index is 12.3. The van der Waals surface area contributed by atoms with Gasteiger partial charge in [0.15, 0.2) is 5.78 Å². The molecule has 106 valence electrons. The third kappa shape index (κ3) is 3.14. The second kappa shape index (κ2) is 6.27. The van der Waals surface area contributed by atoms with Crippen molar-refractivity contribution in [2.24, 2.45) is 0 Å². The van der Waals surface area contributed by atoms with E-state index in [9.17, 15) is 4.79 Å². The Balaban J connectivity index is 1.98.